The summed E-state index contributed by atoms with van der Waals surface area (Å²) in [5.74, 6) is -0.308. The molecule has 0 saturated carbocycles. The first kappa shape index (κ1) is 16.0. The molecule has 0 unspecified atom stereocenters. The Balaban J connectivity index is 1.64. The zero-order chi connectivity index (χ0) is 17.2. The first-order chi connectivity index (χ1) is 11.4. The lowest BCUT2D eigenvalue weighted by Crippen LogP contribution is -2.18. The summed E-state index contributed by atoms with van der Waals surface area (Å²) in [6.45, 7) is -1.19. The van der Waals surface area contributed by atoms with Crippen molar-refractivity contribution >= 4 is 22.4 Å². The molecule has 0 radical (unpaired) electrons. The van der Waals surface area contributed by atoms with Gasteiger partial charge >= 0.3 is 6.18 Å². The van der Waals surface area contributed by atoms with Crippen LogP contribution in [0.3, 0.4) is 0 Å². The van der Waals surface area contributed by atoms with Gasteiger partial charge in [0.05, 0.1) is 18.3 Å². The number of anilines is 1. The number of amides is 1. The monoisotopic (exact) mass is 333 g/mol. The van der Waals surface area contributed by atoms with Gasteiger partial charge in [0.15, 0.2) is 0 Å². The zero-order valence-corrected chi connectivity index (χ0v) is 12.5. The van der Waals surface area contributed by atoms with E-state index in [4.69, 9.17) is 0 Å². The zero-order valence-electron chi connectivity index (χ0n) is 12.5. The number of carbonyl (C=O) groups is 1. The second kappa shape index (κ2) is 6.35. The SMILES string of the molecule is O=C(Cc1ccc2ccccc2c1)Nc1cnn(CC(F)(F)F)c1. The number of rotatable bonds is 4. The van der Waals surface area contributed by atoms with Gasteiger partial charge in [0, 0.05) is 6.20 Å². The molecule has 124 valence electrons. The Morgan fingerprint density at radius 1 is 1.12 bits per heavy atom. The molecule has 0 bridgehead atoms. The molecule has 3 rings (SSSR count). The summed E-state index contributed by atoms with van der Waals surface area (Å²) in [7, 11) is 0. The molecule has 0 fully saturated rings. The highest BCUT2D eigenvalue weighted by atomic mass is 19.4. The van der Waals surface area contributed by atoms with Crippen LogP contribution in [0, 0.1) is 0 Å². The van der Waals surface area contributed by atoms with Crippen molar-refractivity contribution in [2.24, 2.45) is 0 Å². The van der Waals surface area contributed by atoms with Crippen molar-refractivity contribution in [2.45, 2.75) is 19.1 Å². The Labute approximate surface area is 135 Å². The molecule has 4 nitrogen and oxygen atoms in total. The predicted octanol–water partition coefficient (Wildman–Crippen LogP) is 3.78. The van der Waals surface area contributed by atoms with Crippen LogP contribution in [-0.2, 0) is 17.8 Å². The van der Waals surface area contributed by atoms with Crippen molar-refractivity contribution in [3.8, 4) is 0 Å². The maximum absolute atomic E-state index is 12.3. The molecule has 1 aromatic heterocycles. The van der Waals surface area contributed by atoms with Crippen molar-refractivity contribution in [3.63, 3.8) is 0 Å². The number of fused-ring (bicyclic) bond motifs is 1. The Morgan fingerprint density at radius 2 is 1.88 bits per heavy atom. The van der Waals surface area contributed by atoms with Gasteiger partial charge in [0.2, 0.25) is 5.91 Å². The van der Waals surface area contributed by atoms with Crippen LogP contribution in [0.15, 0.2) is 54.9 Å². The fraction of sp³-hybridized carbons (Fsp3) is 0.176. The van der Waals surface area contributed by atoms with Crippen LogP contribution in [-0.4, -0.2) is 21.9 Å². The topological polar surface area (TPSA) is 46.9 Å². The third kappa shape index (κ3) is 4.13. The van der Waals surface area contributed by atoms with Gasteiger partial charge in [-0.1, -0.05) is 42.5 Å². The Bertz CT molecular complexity index is 871. The summed E-state index contributed by atoms with van der Waals surface area (Å²) in [6, 6.07) is 13.5. The summed E-state index contributed by atoms with van der Waals surface area (Å²) in [5.41, 5.74) is 1.07. The number of nitrogens with zero attached hydrogens (tertiary/aromatic N) is 2. The standard InChI is InChI=1S/C17H14F3N3O/c18-17(19,20)11-23-10-15(9-21-23)22-16(24)8-12-5-6-13-3-1-2-4-14(13)7-12/h1-7,9-10H,8,11H2,(H,22,24). The van der Waals surface area contributed by atoms with Gasteiger partial charge in [-0.3, -0.25) is 9.48 Å². The minimum absolute atomic E-state index is 0.134. The highest BCUT2D eigenvalue weighted by Crippen LogP contribution is 2.19. The third-order valence-electron chi connectivity index (χ3n) is 3.44. The number of hydrogen-bond acceptors (Lipinski definition) is 2. The van der Waals surface area contributed by atoms with E-state index >= 15 is 0 Å². The van der Waals surface area contributed by atoms with Gasteiger partial charge in [-0.15, -0.1) is 0 Å². The molecule has 0 atom stereocenters. The normalized spacial score (nSPS) is 11.6. The summed E-state index contributed by atoms with van der Waals surface area (Å²) < 4.78 is 37.6. The number of benzene rings is 2. The maximum atomic E-state index is 12.3. The Morgan fingerprint density at radius 3 is 2.62 bits per heavy atom. The van der Waals surface area contributed by atoms with E-state index in [-0.39, 0.29) is 18.0 Å². The molecule has 24 heavy (non-hydrogen) atoms. The first-order valence-corrected chi connectivity index (χ1v) is 7.26. The Hall–Kier alpha value is -2.83. The van der Waals surface area contributed by atoms with Crippen molar-refractivity contribution in [1.82, 2.24) is 9.78 Å². The fourth-order valence-electron chi connectivity index (χ4n) is 2.44. The maximum Gasteiger partial charge on any atom is 0.408 e. The molecular weight excluding hydrogens is 319 g/mol. The quantitative estimate of drug-likeness (QED) is 0.790. The molecule has 1 amide bonds. The lowest BCUT2D eigenvalue weighted by Gasteiger charge is -2.06. The van der Waals surface area contributed by atoms with Gasteiger partial charge < -0.3 is 5.32 Å². The molecular formula is C17H14F3N3O. The summed E-state index contributed by atoms with van der Waals surface area (Å²) in [4.78, 5) is 12.0. The second-order valence-corrected chi connectivity index (χ2v) is 5.45. The number of nitrogens with one attached hydrogen (secondary N) is 1. The predicted molar refractivity (Wildman–Crippen MR) is 84.6 cm³/mol. The van der Waals surface area contributed by atoms with Gasteiger partial charge in [-0.05, 0) is 16.3 Å². The summed E-state index contributed by atoms with van der Waals surface area (Å²) in [5, 5.41) is 8.25. The molecule has 0 spiro atoms. The van der Waals surface area contributed by atoms with Crippen molar-refractivity contribution in [2.75, 3.05) is 5.32 Å². The van der Waals surface area contributed by atoms with E-state index in [9.17, 15) is 18.0 Å². The van der Waals surface area contributed by atoms with Crippen LogP contribution in [0.5, 0.6) is 0 Å². The second-order valence-electron chi connectivity index (χ2n) is 5.45. The number of alkyl halides is 3. The first-order valence-electron chi connectivity index (χ1n) is 7.26. The van der Waals surface area contributed by atoms with Crippen LogP contribution in [0.2, 0.25) is 0 Å². The molecule has 3 aromatic rings. The van der Waals surface area contributed by atoms with Crippen LogP contribution in [0.25, 0.3) is 10.8 Å². The fourth-order valence-corrected chi connectivity index (χ4v) is 2.44. The van der Waals surface area contributed by atoms with Crippen LogP contribution in [0.1, 0.15) is 5.56 Å². The molecule has 1 N–H and O–H groups in total. The van der Waals surface area contributed by atoms with E-state index in [1.807, 2.05) is 42.5 Å². The molecule has 0 aliphatic rings. The van der Waals surface area contributed by atoms with E-state index in [0.29, 0.717) is 0 Å². The van der Waals surface area contributed by atoms with Gasteiger partial charge in [-0.25, -0.2) is 0 Å². The van der Waals surface area contributed by atoms with E-state index in [0.717, 1.165) is 27.2 Å². The smallest absolute Gasteiger partial charge is 0.323 e. The van der Waals surface area contributed by atoms with Crippen LogP contribution >= 0.6 is 0 Å². The van der Waals surface area contributed by atoms with Gasteiger partial charge in [0.25, 0.3) is 0 Å². The number of carbonyl (C=O) groups excluding carboxylic acids is 1. The lowest BCUT2D eigenvalue weighted by atomic mass is 10.0. The van der Waals surface area contributed by atoms with Crippen LogP contribution < -0.4 is 5.32 Å². The van der Waals surface area contributed by atoms with Crippen LogP contribution in [0.4, 0.5) is 18.9 Å². The van der Waals surface area contributed by atoms with Crippen molar-refractivity contribution in [3.05, 3.63) is 60.4 Å². The number of aromatic nitrogens is 2. The molecule has 1 heterocycles. The lowest BCUT2D eigenvalue weighted by molar-refractivity contribution is -0.142. The third-order valence-corrected chi connectivity index (χ3v) is 3.44. The minimum Gasteiger partial charge on any atom is -0.323 e. The van der Waals surface area contributed by atoms with Gasteiger partial charge in [0.1, 0.15) is 6.54 Å². The summed E-state index contributed by atoms with van der Waals surface area (Å²) in [6.07, 6.45) is -1.86. The van der Waals surface area contributed by atoms with E-state index < -0.39 is 12.7 Å². The van der Waals surface area contributed by atoms with E-state index in [2.05, 4.69) is 10.4 Å². The number of halogens is 3. The van der Waals surface area contributed by atoms with Gasteiger partial charge in [-0.2, -0.15) is 18.3 Å². The summed E-state index contributed by atoms with van der Waals surface area (Å²) >= 11 is 0. The highest BCUT2D eigenvalue weighted by Gasteiger charge is 2.28. The van der Waals surface area contributed by atoms with Crippen molar-refractivity contribution < 1.29 is 18.0 Å². The minimum atomic E-state index is -4.35. The molecule has 0 aliphatic carbocycles. The van der Waals surface area contributed by atoms with Crippen molar-refractivity contribution in [1.29, 1.82) is 0 Å². The molecule has 0 aliphatic heterocycles. The largest absolute Gasteiger partial charge is 0.408 e. The van der Waals surface area contributed by atoms with E-state index in [1.165, 1.54) is 6.20 Å². The highest BCUT2D eigenvalue weighted by molar-refractivity contribution is 5.93. The molecule has 0 saturated heterocycles. The average molecular weight is 333 g/mol. The Kier molecular flexibility index (Phi) is 4.24. The average Bonchev–Trinajstić information content (AvgIpc) is 2.91. The molecule has 7 heteroatoms. The van der Waals surface area contributed by atoms with E-state index in [1.54, 1.807) is 0 Å². The number of hydrogen-bond donors (Lipinski definition) is 1. The molecule has 2 aromatic carbocycles.